The van der Waals surface area contributed by atoms with E-state index in [1.165, 1.54) is 28.0 Å². The first-order valence-corrected chi connectivity index (χ1v) is 13.7. The minimum atomic E-state index is -0.720. The molecule has 0 amide bonds. The van der Waals surface area contributed by atoms with Crippen LogP contribution in [0.2, 0.25) is 5.02 Å². The van der Waals surface area contributed by atoms with Crippen LogP contribution in [0.4, 0.5) is 5.69 Å². The quantitative estimate of drug-likeness (QED) is 0.187. The van der Waals surface area contributed by atoms with Crippen LogP contribution in [0.5, 0.6) is 0 Å². The molecule has 1 aliphatic rings. The van der Waals surface area contributed by atoms with Gasteiger partial charge in [-0.05, 0) is 75.2 Å². The maximum absolute atomic E-state index is 13.9. The highest BCUT2D eigenvalue weighted by Gasteiger charge is 2.33. The number of allylic oxidation sites excluding steroid dienone is 1. The summed E-state index contributed by atoms with van der Waals surface area (Å²) in [5.74, 6) is -0.523. The number of carbonyl (C=O) groups excluding carboxylic acids is 1. The molecule has 0 radical (unpaired) electrons. The Morgan fingerprint density at radius 2 is 1.82 bits per heavy atom. The van der Waals surface area contributed by atoms with Crippen LogP contribution in [0.25, 0.3) is 11.8 Å². The molecule has 1 atom stereocenters. The van der Waals surface area contributed by atoms with E-state index in [9.17, 15) is 19.7 Å². The highest BCUT2D eigenvalue weighted by atomic mass is 35.5. The first-order chi connectivity index (χ1) is 19.1. The van der Waals surface area contributed by atoms with Gasteiger partial charge in [-0.15, -0.1) is 0 Å². The SMILES string of the molecule is CCOC(=O)C1=C(C)N=c2sc(=Cc3cc(C)n(-c4ccc([N+](=O)[O-])cc4)c3C)c(=O)n2C1c1ccc(Cl)cc1. The standard InChI is InChI=1S/C29H25ClN4O5S/c1-5-39-28(36)25-17(3)31-29-33(26(25)19-6-8-21(30)9-7-19)27(35)24(40-29)15-20-14-16(2)32(18(20)4)22-10-12-23(13-11-22)34(37)38/h6-15,26H,5H2,1-4H3. The number of rotatable bonds is 6. The number of ether oxygens (including phenoxy) is 1. The van der Waals surface area contributed by atoms with Gasteiger partial charge in [-0.3, -0.25) is 19.5 Å². The number of nitrogens with zero attached hydrogens (tertiary/aromatic N) is 4. The van der Waals surface area contributed by atoms with Crippen molar-refractivity contribution in [3.05, 3.63) is 123 Å². The van der Waals surface area contributed by atoms with Crippen LogP contribution >= 0.6 is 22.9 Å². The van der Waals surface area contributed by atoms with Gasteiger partial charge < -0.3 is 9.30 Å². The van der Waals surface area contributed by atoms with E-state index >= 15 is 0 Å². The van der Waals surface area contributed by atoms with E-state index in [0.29, 0.717) is 31.2 Å². The maximum atomic E-state index is 13.9. The molecule has 11 heteroatoms. The van der Waals surface area contributed by atoms with Crippen LogP contribution in [0.15, 0.2) is 75.7 Å². The van der Waals surface area contributed by atoms with Crippen LogP contribution in [-0.2, 0) is 9.53 Å². The third kappa shape index (κ3) is 4.80. The molecule has 0 saturated carbocycles. The normalized spacial score (nSPS) is 15.1. The lowest BCUT2D eigenvalue weighted by atomic mass is 9.96. The predicted molar refractivity (Wildman–Crippen MR) is 154 cm³/mol. The van der Waals surface area contributed by atoms with Crippen LogP contribution in [0.1, 0.15) is 42.4 Å². The molecule has 0 saturated heterocycles. The molecule has 0 bridgehead atoms. The van der Waals surface area contributed by atoms with Crippen LogP contribution < -0.4 is 14.9 Å². The number of benzene rings is 2. The average Bonchev–Trinajstić information content (AvgIpc) is 3.37. The number of nitro groups is 1. The number of non-ortho nitro benzene ring substituents is 1. The van der Waals surface area contributed by atoms with Crippen LogP contribution in [0, 0.1) is 24.0 Å². The molecule has 2 aromatic heterocycles. The Balaban J connectivity index is 1.66. The summed E-state index contributed by atoms with van der Waals surface area (Å²) in [6, 6.07) is 14.6. The lowest BCUT2D eigenvalue weighted by Crippen LogP contribution is -2.39. The highest BCUT2D eigenvalue weighted by Crippen LogP contribution is 2.31. The van der Waals surface area contributed by atoms with Gasteiger partial charge in [-0.2, -0.15) is 0 Å². The fourth-order valence-corrected chi connectivity index (χ4v) is 6.11. The average molecular weight is 577 g/mol. The zero-order valence-corrected chi connectivity index (χ0v) is 23.7. The van der Waals surface area contributed by atoms with Crippen molar-refractivity contribution in [3.8, 4) is 5.69 Å². The fourth-order valence-electron chi connectivity index (χ4n) is 4.95. The number of carbonyl (C=O) groups is 1. The zero-order valence-electron chi connectivity index (χ0n) is 22.2. The first-order valence-electron chi connectivity index (χ1n) is 12.5. The molecule has 1 aliphatic heterocycles. The number of aromatic nitrogens is 2. The molecule has 2 aromatic carbocycles. The second-order valence-corrected chi connectivity index (χ2v) is 10.7. The summed E-state index contributed by atoms with van der Waals surface area (Å²) in [5, 5.41) is 11.6. The molecule has 0 fully saturated rings. The van der Waals surface area contributed by atoms with E-state index < -0.39 is 16.9 Å². The molecule has 40 heavy (non-hydrogen) atoms. The third-order valence-corrected chi connectivity index (χ3v) is 8.01. The number of nitro benzene ring substituents is 1. The van der Waals surface area contributed by atoms with Crippen molar-refractivity contribution >= 4 is 40.7 Å². The van der Waals surface area contributed by atoms with Crippen molar-refractivity contribution < 1.29 is 14.5 Å². The van der Waals surface area contributed by atoms with Crippen LogP contribution in [0.3, 0.4) is 0 Å². The maximum Gasteiger partial charge on any atom is 0.338 e. The van der Waals surface area contributed by atoms with Gasteiger partial charge in [-0.25, -0.2) is 9.79 Å². The number of hydrogen-bond acceptors (Lipinski definition) is 7. The molecule has 4 aromatic rings. The Morgan fingerprint density at radius 3 is 2.45 bits per heavy atom. The lowest BCUT2D eigenvalue weighted by Gasteiger charge is -2.24. The van der Waals surface area contributed by atoms with E-state index in [2.05, 4.69) is 4.99 Å². The monoisotopic (exact) mass is 576 g/mol. The Kier molecular flexibility index (Phi) is 7.31. The van der Waals surface area contributed by atoms with Gasteiger partial charge >= 0.3 is 5.97 Å². The minimum absolute atomic E-state index is 0.0141. The van der Waals surface area contributed by atoms with Crippen molar-refractivity contribution in [2.45, 2.75) is 33.7 Å². The van der Waals surface area contributed by atoms with Crippen molar-refractivity contribution in [2.75, 3.05) is 6.61 Å². The van der Waals surface area contributed by atoms with Crippen LogP contribution in [-0.4, -0.2) is 26.6 Å². The van der Waals surface area contributed by atoms with Gasteiger partial charge in [0.1, 0.15) is 0 Å². The summed E-state index contributed by atoms with van der Waals surface area (Å²) in [6.45, 7) is 7.52. The van der Waals surface area contributed by atoms with Gasteiger partial charge in [0.15, 0.2) is 4.80 Å². The summed E-state index contributed by atoms with van der Waals surface area (Å²) in [6.07, 6.45) is 1.82. The molecule has 5 rings (SSSR count). The minimum Gasteiger partial charge on any atom is -0.463 e. The largest absolute Gasteiger partial charge is 0.463 e. The fraction of sp³-hybridized carbons (Fsp3) is 0.207. The van der Waals surface area contributed by atoms with E-state index in [1.807, 2.05) is 30.6 Å². The number of hydrogen-bond donors (Lipinski definition) is 0. The Morgan fingerprint density at radius 1 is 1.15 bits per heavy atom. The van der Waals surface area contributed by atoms with Gasteiger partial charge in [0, 0.05) is 34.2 Å². The summed E-state index contributed by atoms with van der Waals surface area (Å²) >= 11 is 7.37. The predicted octanol–water partition coefficient (Wildman–Crippen LogP) is 4.77. The molecule has 3 heterocycles. The van der Waals surface area contributed by atoms with E-state index in [1.54, 1.807) is 50.2 Å². The number of aryl methyl sites for hydroxylation is 1. The second-order valence-electron chi connectivity index (χ2n) is 9.29. The van der Waals surface area contributed by atoms with Gasteiger partial charge in [0.2, 0.25) is 0 Å². The number of esters is 1. The molecular formula is C29H25ClN4O5S. The summed E-state index contributed by atoms with van der Waals surface area (Å²) in [4.78, 5) is 42.6. The molecule has 204 valence electrons. The lowest BCUT2D eigenvalue weighted by molar-refractivity contribution is -0.384. The van der Waals surface area contributed by atoms with E-state index in [4.69, 9.17) is 16.3 Å². The Bertz CT molecular complexity index is 1870. The third-order valence-electron chi connectivity index (χ3n) is 6.78. The molecule has 0 aliphatic carbocycles. The highest BCUT2D eigenvalue weighted by molar-refractivity contribution is 7.07. The topological polar surface area (TPSA) is 109 Å². The second kappa shape index (κ2) is 10.7. The molecule has 0 spiro atoms. The molecule has 0 N–H and O–H groups in total. The zero-order chi connectivity index (χ0) is 28.7. The Hall–Kier alpha value is -4.28. The van der Waals surface area contributed by atoms with E-state index in [-0.39, 0.29) is 17.9 Å². The van der Waals surface area contributed by atoms with Gasteiger partial charge in [0.25, 0.3) is 11.2 Å². The van der Waals surface area contributed by atoms with Gasteiger partial charge in [-0.1, -0.05) is 35.1 Å². The summed E-state index contributed by atoms with van der Waals surface area (Å²) in [7, 11) is 0. The molecule has 1 unspecified atom stereocenters. The van der Waals surface area contributed by atoms with Crippen molar-refractivity contribution in [3.63, 3.8) is 0 Å². The van der Waals surface area contributed by atoms with Crippen molar-refractivity contribution in [2.24, 2.45) is 4.99 Å². The number of thiazole rings is 1. The summed E-state index contributed by atoms with van der Waals surface area (Å²) < 4.78 is 9.31. The van der Waals surface area contributed by atoms with E-state index in [0.717, 1.165) is 22.6 Å². The molecule has 9 nitrogen and oxygen atoms in total. The number of halogens is 1. The first kappa shape index (κ1) is 27.3. The summed E-state index contributed by atoms with van der Waals surface area (Å²) in [5.41, 5.74) is 4.62. The van der Waals surface area contributed by atoms with Gasteiger partial charge in [0.05, 0.1) is 33.4 Å². The molecular weight excluding hydrogens is 552 g/mol. The Labute approximate surface area is 238 Å². The van der Waals surface area contributed by atoms with Crippen molar-refractivity contribution in [1.82, 2.24) is 9.13 Å². The van der Waals surface area contributed by atoms with Crippen molar-refractivity contribution in [1.29, 1.82) is 0 Å². The number of fused-ring (bicyclic) bond motifs is 1. The smallest absolute Gasteiger partial charge is 0.338 e.